The van der Waals surface area contributed by atoms with E-state index < -0.39 is 19.8 Å². The van der Waals surface area contributed by atoms with Crippen LogP contribution in [-0.2, 0) is 0 Å². The molecule has 0 aromatic carbocycles. The van der Waals surface area contributed by atoms with Crippen LogP contribution in [0.5, 0.6) is 0 Å². The second-order valence-electron chi connectivity index (χ2n) is 3.93. The van der Waals surface area contributed by atoms with Crippen LogP contribution < -0.4 is 0 Å². The van der Waals surface area contributed by atoms with Gasteiger partial charge in [-0.2, -0.15) is 0 Å². The van der Waals surface area contributed by atoms with E-state index in [0.717, 1.165) is 0 Å². The third-order valence-corrected chi connectivity index (χ3v) is 1.42. The van der Waals surface area contributed by atoms with Crippen LogP contribution in [0.3, 0.4) is 0 Å². The molecule has 1 aliphatic heterocycles. The van der Waals surface area contributed by atoms with Crippen molar-refractivity contribution in [2.24, 2.45) is 0 Å². The van der Waals surface area contributed by atoms with Crippen molar-refractivity contribution in [2.75, 3.05) is 27.2 Å². The van der Waals surface area contributed by atoms with Gasteiger partial charge < -0.3 is 9.62 Å². The molecule has 70 valence electrons. The Labute approximate surface area is 85.3 Å². The van der Waals surface area contributed by atoms with E-state index in [2.05, 4.69) is 46.1 Å². The Balaban J connectivity index is 0.000000261. The van der Waals surface area contributed by atoms with E-state index in [1.165, 1.54) is 19.5 Å². The summed E-state index contributed by atoms with van der Waals surface area (Å²) in [5.41, 5.74) is 0. The van der Waals surface area contributed by atoms with Crippen molar-refractivity contribution in [3.8, 4) is 0 Å². The van der Waals surface area contributed by atoms with Crippen LogP contribution in [0.15, 0.2) is 0 Å². The summed E-state index contributed by atoms with van der Waals surface area (Å²) in [5, 5.41) is 0. The molecule has 0 spiro atoms. The molecule has 12 heavy (non-hydrogen) atoms. The van der Waals surface area contributed by atoms with Crippen molar-refractivity contribution in [1.29, 1.82) is 0 Å². The van der Waals surface area contributed by atoms with Crippen LogP contribution in [0, 0.1) is 0 Å². The van der Waals surface area contributed by atoms with Gasteiger partial charge in [0, 0.05) is 0 Å². The average molecular weight is 275 g/mol. The Morgan fingerprint density at radius 3 is 1.50 bits per heavy atom. The van der Waals surface area contributed by atoms with Gasteiger partial charge in [0.2, 0.25) is 0 Å². The van der Waals surface area contributed by atoms with Crippen molar-refractivity contribution in [2.45, 2.75) is 21.2 Å². The molecule has 1 rings (SSSR count). The zero-order valence-corrected chi connectivity index (χ0v) is 11.9. The van der Waals surface area contributed by atoms with Crippen molar-refractivity contribution >= 4 is 27.3 Å². The fourth-order valence-corrected chi connectivity index (χ4v) is 1.02. The van der Waals surface area contributed by atoms with E-state index in [1.807, 2.05) is 0 Å². The van der Waals surface area contributed by atoms with Crippen LogP contribution in [-0.4, -0.2) is 64.1 Å². The van der Waals surface area contributed by atoms with Crippen LogP contribution in [0.2, 0.25) is 14.8 Å². The first-order chi connectivity index (χ1) is 5.52. The molecule has 2 radical (unpaired) electrons. The molecule has 0 N–H and O–H groups in total. The van der Waals surface area contributed by atoms with Gasteiger partial charge in [0.25, 0.3) is 0 Å². The molecule has 0 aliphatic carbocycles. The Kier molecular flexibility index (Phi) is 7.68. The summed E-state index contributed by atoms with van der Waals surface area (Å²) in [6.45, 7) is 2.43. The van der Waals surface area contributed by atoms with Gasteiger partial charge in [-0.3, -0.25) is 0 Å². The van der Waals surface area contributed by atoms with Crippen LogP contribution in [0.25, 0.3) is 0 Å². The van der Waals surface area contributed by atoms with E-state index in [9.17, 15) is 0 Å². The number of nitrogens with zero attached hydrogens (tertiary/aromatic N) is 2. The minimum atomic E-state index is -0.543. The molecule has 0 saturated carbocycles. The van der Waals surface area contributed by atoms with Crippen molar-refractivity contribution in [3.05, 3.63) is 0 Å². The summed E-state index contributed by atoms with van der Waals surface area (Å²) < 4.78 is 0. The van der Waals surface area contributed by atoms with Crippen molar-refractivity contribution < 1.29 is 0 Å². The molecule has 0 bridgehead atoms. The van der Waals surface area contributed by atoms with E-state index >= 15 is 0 Å². The Morgan fingerprint density at radius 1 is 1.00 bits per heavy atom. The maximum absolute atomic E-state index is 2.36. The molecular formula is C8H21BN2Sn. The number of rotatable bonds is 0. The van der Waals surface area contributed by atoms with E-state index in [-0.39, 0.29) is 0 Å². The van der Waals surface area contributed by atoms with Gasteiger partial charge in [0.15, 0.2) is 0 Å². The number of hydrogen-bond acceptors (Lipinski definition) is 2. The molecule has 0 aromatic heterocycles. The summed E-state index contributed by atoms with van der Waals surface area (Å²) in [6.07, 6.45) is 1.30. The molecule has 2 nitrogen and oxygen atoms in total. The predicted molar refractivity (Wildman–Crippen MR) is 59.0 cm³/mol. The number of hydrogen-bond donors (Lipinski definition) is 0. The average Bonchev–Trinajstić information content (AvgIpc) is 1.84. The van der Waals surface area contributed by atoms with Gasteiger partial charge >= 0.3 is 42.1 Å². The third kappa shape index (κ3) is 8.88. The Hall–Kier alpha value is 0.784. The van der Waals surface area contributed by atoms with Crippen LogP contribution in [0.4, 0.5) is 0 Å². The molecule has 1 saturated heterocycles. The molecule has 0 unspecified atom stereocenters. The first kappa shape index (κ1) is 12.8. The van der Waals surface area contributed by atoms with Gasteiger partial charge in [-0.25, -0.2) is 0 Å². The zero-order chi connectivity index (χ0) is 9.56. The predicted octanol–water partition coefficient (Wildman–Crippen LogP) is 1.16. The summed E-state index contributed by atoms with van der Waals surface area (Å²) in [7, 11) is 6.36. The topological polar surface area (TPSA) is 6.48 Å². The van der Waals surface area contributed by atoms with Gasteiger partial charge in [-0.1, -0.05) is 0 Å². The van der Waals surface area contributed by atoms with Crippen molar-refractivity contribution in [3.63, 3.8) is 0 Å². The molecular weight excluding hydrogens is 254 g/mol. The Bertz CT molecular complexity index is 100. The summed E-state index contributed by atoms with van der Waals surface area (Å²) in [5.74, 6) is 0. The maximum atomic E-state index is 2.36. The van der Waals surface area contributed by atoms with E-state index in [0.29, 0.717) is 0 Å². The normalized spacial score (nSPS) is 19.8. The summed E-state index contributed by atoms with van der Waals surface area (Å²) >= 11 is -0.543. The molecule has 1 fully saturated rings. The first-order valence-corrected chi connectivity index (χ1v) is 13.1. The zero-order valence-electron chi connectivity index (χ0n) is 9.09. The summed E-state index contributed by atoms with van der Waals surface area (Å²) in [6, 6.07) is 0. The second-order valence-corrected chi connectivity index (χ2v) is 12.5. The minimum absolute atomic E-state index is 0.543. The third-order valence-electron chi connectivity index (χ3n) is 1.42. The van der Waals surface area contributed by atoms with Crippen LogP contribution >= 0.6 is 0 Å². The van der Waals surface area contributed by atoms with Gasteiger partial charge in [-0.15, -0.1) is 0 Å². The first-order valence-electron chi connectivity index (χ1n) is 4.54. The standard InChI is InChI=1S/C5H12BN2.3CH3.Sn/c1-7-4-3-5-8(2)6-7;;;;/h3-5H2,1-2H3;3*1H3;. The Morgan fingerprint density at radius 2 is 1.33 bits per heavy atom. The van der Waals surface area contributed by atoms with E-state index in [1.54, 1.807) is 0 Å². The molecule has 1 heterocycles. The fraction of sp³-hybridized carbons (Fsp3) is 1.00. The molecule has 0 amide bonds. The molecule has 1 aliphatic rings. The molecule has 0 atom stereocenters. The van der Waals surface area contributed by atoms with E-state index in [4.69, 9.17) is 0 Å². The van der Waals surface area contributed by atoms with Crippen LogP contribution in [0.1, 0.15) is 6.42 Å². The molecule has 4 heteroatoms. The van der Waals surface area contributed by atoms with Gasteiger partial charge in [-0.05, 0) is 33.6 Å². The second kappa shape index (κ2) is 7.21. The van der Waals surface area contributed by atoms with Gasteiger partial charge in [0.05, 0.1) is 0 Å². The monoisotopic (exact) mass is 276 g/mol. The SMILES string of the molecule is CN1[B]N(C)CCC1.[CH3][Sn]([CH3])[CH3]. The van der Waals surface area contributed by atoms with Gasteiger partial charge in [0.1, 0.15) is 0 Å². The fourth-order valence-electron chi connectivity index (χ4n) is 1.02. The van der Waals surface area contributed by atoms with Crippen molar-refractivity contribution in [1.82, 2.24) is 9.62 Å². The summed E-state index contributed by atoms with van der Waals surface area (Å²) in [4.78, 5) is 11.5. The quantitative estimate of drug-likeness (QED) is 0.612. The molecule has 0 aromatic rings.